The van der Waals surface area contributed by atoms with Crippen molar-refractivity contribution in [2.24, 2.45) is 0 Å². The zero-order chi connectivity index (χ0) is 11.1. The van der Waals surface area contributed by atoms with E-state index in [1.54, 1.807) is 6.07 Å². The van der Waals surface area contributed by atoms with Gasteiger partial charge in [-0.2, -0.15) is 0 Å². The third-order valence-corrected chi connectivity index (χ3v) is 4.13. The van der Waals surface area contributed by atoms with Crippen LogP contribution in [-0.4, -0.2) is 8.42 Å². The van der Waals surface area contributed by atoms with Crippen molar-refractivity contribution in [2.45, 2.75) is 29.8 Å². The van der Waals surface area contributed by atoms with Crippen molar-refractivity contribution in [3.05, 3.63) is 29.8 Å². The van der Waals surface area contributed by atoms with Gasteiger partial charge in [0.05, 0.1) is 4.90 Å². The summed E-state index contributed by atoms with van der Waals surface area (Å²) in [6.07, 6.45) is 1.76. The highest BCUT2D eigenvalue weighted by atomic mass is 35.7. The Labute approximate surface area is 92.5 Å². The van der Waals surface area contributed by atoms with Gasteiger partial charge >= 0.3 is 0 Å². The molecule has 5 heteroatoms. The zero-order valence-electron chi connectivity index (χ0n) is 7.91. The highest BCUT2D eigenvalue weighted by Gasteiger charge is 2.39. The lowest BCUT2D eigenvalue weighted by Gasteiger charge is -2.34. The lowest BCUT2D eigenvalue weighted by molar-refractivity contribution is 0.0607. The van der Waals surface area contributed by atoms with Crippen LogP contribution < -0.4 is 0 Å². The largest absolute Gasteiger partial charge is 0.261 e. The highest BCUT2D eigenvalue weighted by Crippen LogP contribution is 2.45. The van der Waals surface area contributed by atoms with Crippen LogP contribution in [0, 0.1) is 0 Å². The summed E-state index contributed by atoms with van der Waals surface area (Å²) < 4.78 is 36.1. The van der Waals surface area contributed by atoms with Gasteiger partial charge in [0.25, 0.3) is 9.05 Å². The molecule has 0 unspecified atom stereocenters. The van der Waals surface area contributed by atoms with Gasteiger partial charge in [-0.1, -0.05) is 12.1 Å². The Morgan fingerprint density at radius 3 is 2.47 bits per heavy atom. The minimum absolute atomic E-state index is 0.0365. The second-order valence-corrected chi connectivity index (χ2v) is 6.35. The minimum atomic E-state index is -3.76. The van der Waals surface area contributed by atoms with Gasteiger partial charge in [-0.3, -0.25) is 0 Å². The monoisotopic (exact) mass is 248 g/mol. The molecule has 0 aromatic heterocycles. The van der Waals surface area contributed by atoms with E-state index in [0.717, 1.165) is 6.42 Å². The Balaban J connectivity index is 2.43. The molecule has 1 aromatic rings. The summed E-state index contributed by atoms with van der Waals surface area (Å²) in [5.41, 5.74) is -0.937. The van der Waals surface area contributed by atoms with Gasteiger partial charge in [0.15, 0.2) is 0 Å². The van der Waals surface area contributed by atoms with Crippen molar-refractivity contribution in [3.63, 3.8) is 0 Å². The average Bonchev–Trinajstić information content (AvgIpc) is 2.13. The molecular formula is C10H10ClFO2S. The fourth-order valence-corrected chi connectivity index (χ4v) is 2.50. The molecule has 1 fully saturated rings. The van der Waals surface area contributed by atoms with Crippen LogP contribution in [0.1, 0.15) is 24.8 Å². The van der Waals surface area contributed by atoms with Gasteiger partial charge < -0.3 is 0 Å². The SMILES string of the molecule is O=S(=O)(Cl)c1cccc(C2(F)CCC2)c1. The minimum Gasteiger partial charge on any atom is -0.239 e. The summed E-state index contributed by atoms with van der Waals surface area (Å²) in [5.74, 6) is 0. The molecule has 82 valence electrons. The van der Waals surface area contributed by atoms with Crippen LogP contribution in [0.2, 0.25) is 0 Å². The third-order valence-electron chi connectivity index (χ3n) is 2.78. The first-order valence-corrected chi connectivity index (χ1v) is 6.97. The van der Waals surface area contributed by atoms with Gasteiger partial charge in [0.2, 0.25) is 0 Å². The maximum absolute atomic E-state index is 14.0. The second-order valence-electron chi connectivity index (χ2n) is 3.78. The molecule has 0 aliphatic heterocycles. The second kappa shape index (κ2) is 3.46. The Kier molecular flexibility index (Phi) is 2.51. The molecule has 0 radical (unpaired) electrons. The molecule has 15 heavy (non-hydrogen) atoms. The molecule has 0 heterocycles. The van der Waals surface area contributed by atoms with Crippen molar-refractivity contribution in [1.29, 1.82) is 0 Å². The molecule has 0 atom stereocenters. The molecule has 1 aliphatic carbocycles. The quantitative estimate of drug-likeness (QED) is 0.754. The van der Waals surface area contributed by atoms with Crippen molar-refractivity contribution >= 4 is 19.7 Å². The average molecular weight is 249 g/mol. The van der Waals surface area contributed by atoms with E-state index >= 15 is 0 Å². The van der Waals surface area contributed by atoms with E-state index < -0.39 is 14.7 Å². The first kappa shape index (κ1) is 10.9. The van der Waals surface area contributed by atoms with Crippen LogP contribution >= 0.6 is 10.7 Å². The summed E-state index contributed by atoms with van der Waals surface area (Å²) in [4.78, 5) is -0.0365. The van der Waals surface area contributed by atoms with Crippen LogP contribution in [0.4, 0.5) is 4.39 Å². The lowest BCUT2D eigenvalue weighted by Crippen LogP contribution is -2.28. The van der Waals surface area contributed by atoms with Gasteiger partial charge in [-0.15, -0.1) is 0 Å². The predicted octanol–water partition coefficient (Wildman–Crippen LogP) is 2.96. The first-order chi connectivity index (χ1) is 6.92. The number of rotatable bonds is 2. The Morgan fingerprint density at radius 1 is 1.33 bits per heavy atom. The fourth-order valence-electron chi connectivity index (χ4n) is 1.70. The van der Waals surface area contributed by atoms with Gasteiger partial charge in [-0.05, 0) is 37.0 Å². The van der Waals surface area contributed by atoms with E-state index in [1.165, 1.54) is 18.2 Å². The predicted molar refractivity (Wildman–Crippen MR) is 56.1 cm³/mol. The Bertz CT molecular complexity index is 480. The summed E-state index contributed by atoms with van der Waals surface area (Å²) in [5, 5.41) is 0. The van der Waals surface area contributed by atoms with Crippen LogP contribution in [0.15, 0.2) is 29.2 Å². The molecular weight excluding hydrogens is 239 g/mol. The summed E-state index contributed by atoms with van der Waals surface area (Å²) >= 11 is 0. The molecule has 0 spiro atoms. The fraction of sp³-hybridized carbons (Fsp3) is 0.400. The van der Waals surface area contributed by atoms with Crippen molar-refractivity contribution in [3.8, 4) is 0 Å². The molecule has 1 saturated carbocycles. The van der Waals surface area contributed by atoms with Crippen molar-refractivity contribution in [2.75, 3.05) is 0 Å². The number of benzene rings is 1. The van der Waals surface area contributed by atoms with Crippen LogP contribution in [0.5, 0.6) is 0 Å². The molecule has 2 rings (SSSR count). The molecule has 2 nitrogen and oxygen atoms in total. The summed E-state index contributed by atoms with van der Waals surface area (Å²) in [7, 11) is 1.43. The first-order valence-electron chi connectivity index (χ1n) is 4.66. The lowest BCUT2D eigenvalue weighted by atomic mass is 9.77. The van der Waals surface area contributed by atoms with Crippen molar-refractivity contribution < 1.29 is 12.8 Å². The number of hydrogen-bond acceptors (Lipinski definition) is 2. The Hall–Kier alpha value is -0.610. The number of halogens is 2. The molecule has 1 aliphatic rings. The smallest absolute Gasteiger partial charge is 0.239 e. The number of alkyl halides is 1. The van der Waals surface area contributed by atoms with E-state index in [0.29, 0.717) is 18.4 Å². The normalized spacial score (nSPS) is 19.6. The van der Waals surface area contributed by atoms with Crippen LogP contribution in [0.3, 0.4) is 0 Å². The Morgan fingerprint density at radius 2 is 2.00 bits per heavy atom. The molecule has 0 amide bonds. The maximum Gasteiger partial charge on any atom is 0.261 e. The summed E-state index contributed by atoms with van der Waals surface area (Å²) in [6, 6.07) is 5.81. The third kappa shape index (κ3) is 2.01. The summed E-state index contributed by atoms with van der Waals surface area (Å²) in [6.45, 7) is 0. The van der Waals surface area contributed by atoms with Gasteiger partial charge in [0, 0.05) is 10.7 Å². The van der Waals surface area contributed by atoms with Gasteiger partial charge in [0.1, 0.15) is 5.67 Å². The van der Waals surface area contributed by atoms with Crippen molar-refractivity contribution in [1.82, 2.24) is 0 Å². The van der Waals surface area contributed by atoms with E-state index in [1.807, 2.05) is 0 Å². The van der Waals surface area contributed by atoms with E-state index in [-0.39, 0.29) is 4.90 Å². The van der Waals surface area contributed by atoms with Crippen LogP contribution in [0.25, 0.3) is 0 Å². The van der Waals surface area contributed by atoms with E-state index in [4.69, 9.17) is 10.7 Å². The maximum atomic E-state index is 14.0. The standard InChI is InChI=1S/C10H10ClFO2S/c11-15(13,14)9-4-1-3-8(7-9)10(12)5-2-6-10/h1,3-4,7H,2,5-6H2. The van der Waals surface area contributed by atoms with Gasteiger partial charge in [-0.25, -0.2) is 12.8 Å². The van der Waals surface area contributed by atoms with Crippen LogP contribution in [-0.2, 0) is 14.7 Å². The molecule has 0 bridgehead atoms. The molecule has 0 N–H and O–H groups in total. The highest BCUT2D eigenvalue weighted by molar-refractivity contribution is 8.13. The number of hydrogen-bond donors (Lipinski definition) is 0. The van der Waals surface area contributed by atoms with E-state index in [9.17, 15) is 12.8 Å². The zero-order valence-corrected chi connectivity index (χ0v) is 9.48. The topological polar surface area (TPSA) is 34.1 Å². The molecule has 1 aromatic carbocycles. The van der Waals surface area contributed by atoms with E-state index in [2.05, 4.69) is 0 Å². The molecule has 0 saturated heterocycles.